The standard InChI is InChI=1S/C18H23N3O/c1-3-21-11-10-19-17(21)13-20(2)18(22)16-9-8-14-6-4-5-7-15(14)12-16/h4-7,10-11,16H,3,8-9,12-13H2,1-2H3/t16-/m1/s1. The SMILES string of the molecule is CCn1ccnc1CN(C)C(=O)[C@@H]1CCc2ccccc2C1. The van der Waals surface area contributed by atoms with E-state index < -0.39 is 0 Å². The molecule has 0 fully saturated rings. The third kappa shape index (κ3) is 2.91. The zero-order chi connectivity index (χ0) is 15.5. The summed E-state index contributed by atoms with van der Waals surface area (Å²) in [5.41, 5.74) is 2.73. The van der Waals surface area contributed by atoms with Crippen molar-refractivity contribution in [3.8, 4) is 0 Å². The molecule has 1 atom stereocenters. The van der Waals surface area contributed by atoms with Crippen LogP contribution in [0.4, 0.5) is 0 Å². The van der Waals surface area contributed by atoms with Crippen LogP contribution >= 0.6 is 0 Å². The summed E-state index contributed by atoms with van der Waals surface area (Å²) in [6, 6.07) is 8.47. The summed E-state index contributed by atoms with van der Waals surface area (Å²) in [4.78, 5) is 18.9. The van der Waals surface area contributed by atoms with Crippen LogP contribution < -0.4 is 0 Å². The number of carbonyl (C=O) groups excluding carboxylic acids is 1. The van der Waals surface area contributed by atoms with Crippen LogP contribution in [0.25, 0.3) is 0 Å². The number of imidazole rings is 1. The molecule has 0 bridgehead atoms. The molecule has 3 rings (SSSR count). The van der Waals surface area contributed by atoms with E-state index in [-0.39, 0.29) is 11.8 Å². The fraction of sp³-hybridized carbons (Fsp3) is 0.444. The Bertz CT molecular complexity index is 662. The molecule has 0 N–H and O–H groups in total. The third-order valence-corrected chi connectivity index (χ3v) is 4.59. The zero-order valence-electron chi connectivity index (χ0n) is 13.3. The molecule has 22 heavy (non-hydrogen) atoms. The maximum Gasteiger partial charge on any atom is 0.226 e. The average molecular weight is 297 g/mol. The lowest BCUT2D eigenvalue weighted by Gasteiger charge is -2.28. The molecule has 1 aliphatic carbocycles. The van der Waals surface area contributed by atoms with E-state index in [2.05, 4.69) is 40.7 Å². The number of amides is 1. The highest BCUT2D eigenvalue weighted by Crippen LogP contribution is 2.26. The number of fused-ring (bicyclic) bond motifs is 1. The highest BCUT2D eigenvalue weighted by atomic mass is 16.2. The van der Waals surface area contributed by atoms with Gasteiger partial charge in [0.2, 0.25) is 5.91 Å². The molecule has 1 heterocycles. The van der Waals surface area contributed by atoms with Gasteiger partial charge in [-0.1, -0.05) is 24.3 Å². The Morgan fingerprint density at radius 3 is 2.91 bits per heavy atom. The average Bonchev–Trinajstić information content (AvgIpc) is 3.00. The summed E-state index contributed by atoms with van der Waals surface area (Å²) in [7, 11) is 1.89. The second kappa shape index (κ2) is 6.34. The van der Waals surface area contributed by atoms with Crippen LogP contribution in [0.3, 0.4) is 0 Å². The van der Waals surface area contributed by atoms with E-state index in [4.69, 9.17) is 0 Å². The van der Waals surface area contributed by atoms with Gasteiger partial charge >= 0.3 is 0 Å². The first-order valence-corrected chi connectivity index (χ1v) is 8.00. The summed E-state index contributed by atoms with van der Waals surface area (Å²) in [6.45, 7) is 3.55. The minimum absolute atomic E-state index is 0.102. The van der Waals surface area contributed by atoms with E-state index in [9.17, 15) is 4.79 Å². The number of rotatable bonds is 4. The van der Waals surface area contributed by atoms with Crippen molar-refractivity contribution in [1.82, 2.24) is 14.5 Å². The van der Waals surface area contributed by atoms with Crippen molar-refractivity contribution in [3.63, 3.8) is 0 Å². The highest BCUT2D eigenvalue weighted by Gasteiger charge is 2.27. The van der Waals surface area contributed by atoms with Crippen LogP contribution in [-0.2, 0) is 30.7 Å². The Hall–Kier alpha value is -2.10. The lowest BCUT2D eigenvalue weighted by molar-refractivity contribution is -0.135. The highest BCUT2D eigenvalue weighted by molar-refractivity contribution is 5.79. The van der Waals surface area contributed by atoms with E-state index in [1.165, 1.54) is 11.1 Å². The van der Waals surface area contributed by atoms with Gasteiger partial charge in [0.25, 0.3) is 0 Å². The first-order valence-electron chi connectivity index (χ1n) is 8.00. The Morgan fingerprint density at radius 1 is 1.36 bits per heavy atom. The largest absolute Gasteiger partial charge is 0.338 e. The van der Waals surface area contributed by atoms with Crippen molar-refractivity contribution in [2.75, 3.05) is 7.05 Å². The van der Waals surface area contributed by atoms with E-state index in [1.807, 2.05) is 18.1 Å². The van der Waals surface area contributed by atoms with Crippen LogP contribution in [0.1, 0.15) is 30.3 Å². The molecule has 2 aromatic rings. The van der Waals surface area contributed by atoms with Gasteiger partial charge in [0.1, 0.15) is 5.82 Å². The number of benzene rings is 1. The van der Waals surface area contributed by atoms with Gasteiger partial charge in [0, 0.05) is 31.9 Å². The quantitative estimate of drug-likeness (QED) is 0.870. The van der Waals surface area contributed by atoms with Gasteiger partial charge in [-0.05, 0) is 37.3 Å². The molecule has 1 aliphatic rings. The summed E-state index contributed by atoms with van der Waals surface area (Å²) < 4.78 is 2.08. The molecule has 0 unspecified atom stereocenters. The van der Waals surface area contributed by atoms with E-state index >= 15 is 0 Å². The van der Waals surface area contributed by atoms with Crippen LogP contribution in [-0.4, -0.2) is 27.4 Å². The Labute approximate surface area is 131 Å². The van der Waals surface area contributed by atoms with Gasteiger partial charge in [0.15, 0.2) is 0 Å². The first kappa shape index (κ1) is 14.8. The van der Waals surface area contributed by atoms with Crippen molar-refractivity contribution in [2.45, 2.75) is 39.3 Å². The molecule has 0 saturated carbocycles. The predicted octanol–water partition coefficient (Wildman–Crippen LogP) is 2.67. The number of hydrogen-bond acceptors (Lipinski definition) is 2. The smallest absolute Gasteiger partial charge is 0.226 e. The molecule has 4 heteroatoms. The monoisotopic (exact) mass is 297 g/mol. The summed E-state index contributed by atoms with van der Waals surface area (Å²) in [6.07, 6.45) is 6.58. The molecule has 0 radical (unpaired) electrons. The van der Waals surface area contributed by atoms with Crippen LogP contribution in [0.15, 0.2) is 36.7 Å². The molecule has 4 nitrogen and oxygen atoms in total. The molecule has 116 valence electrons. The van der Waals surface area contributed by atoms with Gasteiger partial charge in [-0.3, -0.25) is 4.79 Å². The van der Waals surface area contributed by atoms with E-state index in [0.717, 1.165) is 31.6 Å². The second-order valence-electron chi connectivity index (χ2n) is 6.03. The Morgan fingerprint density at radius 2 is 2.14 bits per heavy atom. The summed E-state index contributed by atoms with van der Waals surface area (Å²) in [5, 5.41) is 0. The topological polar surface area (TPSA) is 38.1 Å². The molecular weight excluding hydrogens is 274 g/mol. The van der Waals surface area contributed by atoms with Gasteiger partial charge in [0.05, 0.1) is 6.54 Å². The van der Waals surface area contributed by atoms with Crippen LogP contribution in [0.2, 0.25) is 0 Å². The van der Waals surface area contributed by atoms with Gasteiger partial charge in [-0.2, -0.15) is 0 Å². The van der Waals surface area contributed by atoms with Gasteiger partial charge < -0.3 is 9.47 Å². The minimum atomic E-state index is 0.102. The van der Waals surface area contributed by atoms with Crippen molar-refractivity contribution in [2.24, 2.45) is 5.92 Å². The summed E-state index contributed by atoms with van der Waals surface area (Å²) >= 11 is 0. The zero-order valence-corrected chi connectivity index (χ0v) is 13.3. The van der Waals surface area contributed by atoms with Gasteiger partial charge in [-0.25, -0.2) is 4.98 Å². The molecule has 0 aliphatic heterocycles. The second-order valence-corrected chi connectivity index (χ2v) is 6.03. The molecule has 1 amide bonds. The van der Waals surface area contributed by atoms with Gasteiger partial charge in [-0.15, -0.1) is 0 Å². The fourth-order valence-corrected chi connectivity index (χ4v) is 3.29. The summed E-state index contributed by atoms with van der Waals surface area (Å²) in [5.74, 6) is 1.29. The molecular formula is C18H23N3O. The molecule has 1 aromatic carbocycles. The third-order valence-electron chi connectivity index (χ3n) is 4.59. The van der Waals surface area contributed by atoms with E-state index in [1.54, 1.807) is 6.20 Å². The minimum Gasteiger partial charge on any atom is -0.338 e. The Kier molecular flexibility index (Phi) is 4.27. The first-order chi connectivity index (χ1) is 10.7. The Balaban J connectivity index is 1.67. The maximum absolute atomic E-state index is 12.7. The maximum atomic E-state index is 12.7. The van der Waals surface area contributed by atoms with Crippen LogP contribution in [0.5, 0.6) is 0 Å². The lowest BCUT2D eigenvalue weighted by atomic mass is 9.83. The number of aromatic nitrogens is 2. The predicted molar refractivity (Wildman–Crippen MR) is 86.3 cm³/mol. The normalized spacial score (nSPS) is 17.1. The van der Waals surface area contributed by atoms with Crippen LogP contribution in [0, 0.1) is 5.92 Å². The van der Waals surface area contributed by atoms with Crippen molar-refractivity contribution in [3.05, 3.63) is 53.6 Å². The number of nitrogens with zero attached hydrogens (tertiary/aromatic N) is 3. The lowest BCUT2D eigenvalue weighted by Crippen LogP contribution is -2.36. The van der Waals surface area contributed by atoms with Crippen molar-refractivity contribution < 1.29 is 4.79 Å². The van der Waals surface area contributed by atoms with Crippen molar-refractivity contribution >= 4 is 5.91 Å². The number of carbonyl (C=O) groups is 1. The fourth-order valence-electron chi connectivity index (χ4n) is 3.29. The van der Waals surface area contributed by atoms with E-state index in [0.29, 0.717) is 6.54 Å². The molecule has 1 aromatic heterocycles. The van der Waals surface area contributed by atoms with Crippen molar-refractivity contribution in [1.29, 1.82) is 0 Å². The number of aryl methyl sites for hydroxylation is 2. The molecule has 0 spiro atoms. The molecule has 0 saturated heterocycles. The number of hydrogen-bond donors (Lipinski definition) is 0.